The van der Waals surface area contributed by atoms with Crippen molar-refractivity contribution in [2.45, 2.75) is 33.4 Å². The third-order valence-corrected chi connectivity index (χ3v) is 2.91. The molecule has 3 N–H and O–H groups in total. The molecule has 0 unspecified atom stereocenters. The molecule has 21 heavy (non-hydrogen) atoms. The second-order valence-electron chi connectivity index (χ2n) is 6.27. The lowest BCUT2D eigenvalue weighted by atomic mass is 9.87. The molecule has 0 saturated heterocycles. The first kappa shape index (κ1) is 22.5. The zero-order valence-corrected chi connectivity index (χ0v) is 15.0. The third-order valence-electron chi connectivity index (χ3n) is 2.91. The molecular formula is C15H27Cl2N3O. The smallest absolute Gasteiger partial charge is 0.241 e. The maximum atomic E-state index is 12.0. The maximum absolute atomic E-state index is 12.0. The Hall–Kier alpha value is -0.810. The topological polar surface area (TPSA) is 58.4 Å². The van der Waals surface area contributed by atoms with Crippen LogP contribution in [-0.2, 0) is 11.3 Å². The van der Waals surface area contributed by atoms with Crippen molar-refractivity contribution in [1.82, 2.24) is 4.90 Å². The fraction of sp³-hybridized carbons (Fsp3) is 0.533. The molecule has 0 bridgehead atoms. The Balaban J connectivity index is 0. The molecule has 1 atom stereocenters. The number of carbonyl (C=O) groups is 1. The Morgan fingerprint density at radius 3 is 2.33 bits per heavy atom. The average molecular weight is 336 g/mol. The molecule has 0 saturated carbocycles. The summed E-state index contributed by atoms with van der Waals surface area (Å²) < 4.78 is 0. The van der Waals surface area contributed by atoms with Crippen LogP contribution in [-0.4, -0.2) is 30.9 Å². The molecule has 0 aliphatic rings. The fourth-order valence-electron chi connectivity index (χ4n) is 1.73. The van der Waals surface area contributed by atoms with Gasteiger partial charge in [0.25, 0.3) is 0 Å². The predicted molar refractivity (Wildman–Crippen MR) is 94.4 cm³/mol. The zero-order chi connectivity index (χ0) is 14.6. The van der Waals surface area contributed by atoms with Crippen LogP contribution in [0.15, 0.2) is 24.3 Å². The van der Waals surface area contributed by atoms with Crippen LogP contribution in [0.3, 0.4) is 0 Å². The first-order valence-electron chi connectivity index (χ1n) is 6.50. The van der Waals surface area contributed by atoms with Gasteiger partial charge in [-0.25, -0.2) is 0 Å². The van der Waals surface area contributed by atoms with Crippen LogP contribution in [0.5, 0.6) is 0 Å². The zero-order valence-electron chi connectivity index (χ0n) is 13.3. The van der Waals surface area contributed by atoms with Gasteiger partial charge in [0.15, 0.2) is 0 Å². The molecule has 6 heteroatoms. The van der Waals surface area contributed by atoms with Crippen molar-refractivity contribution in [2.75, 3.05) is 19.4 Å². The Morgan fingerprint density at radius 2 is 1.86 bits per heavy atom. The van der Waals surface area contributed by atoms with Gasteiger partial charge in [0.2, 0.25) is 5.91 Å². The summed E-state index contributed by atoms with van der Waals surface area (Å²) in [5, 5.41) is 2.88. The standard InChI is InChI=1S/C15H25N3O.2ClH/c1-15(2,3)13(16)14(19)17-12-8-6-7-11(9-12)10-18(4)5;;/h6-9,13H,10,16H2,1-5H3,(H,17,19);2*1H/t13-;;/m1../s1. The van der Waals surface area contributed by atoms with Crippen LogP contribution in [0.2, 0.25) is 0 Å². The highest BCUT2D eigenvalue weighted by Gasteiger charge is 2.27. The molecule has 122 valence electrons. The van der Waals surface area contributed by atoms with Crippen LogP contribution in [0.1, 0.15) is 26.3 Å². The summed E-state index contributed by atoms with van der Waals surface area (Å²) in [5.74, 6) is -0.144. The number of halogens is 2. The number of nitrogens with two attached hydrogens (primary N) is 1. The van der Waals surface area contributed by atoms with Crippen molar-refractivity contribution < 1.29 is 4.79 Å². The number of rotatable bonds is 4. The van der Waals surface area contributed by atoms with E-state index in [4.69, 9.17) is 5.73 Å². The molecular weight excluding hydrogens is 309 g/mol. The molecule has 0 radical (unpaired) electrons. The summed E-state index contributed by atoms with van der Waals surface area (Å²) >= 11 is 0. The Bertz CT molecular complexity index is 445. The normalized spacial score (nSPS) is 12.1. The number of nitrogens with one attached hydrogen (secondary N) is 1. The van der Waals surface area contributed by atoms with Crippen LogP contribution in [0.4, 0.5) is 5.69 Å². The van der Waals surface area contributed by atoms with Gasteiger partial charge in [-0.15, -0.1) is 24.8 Å². The van der Waals surface area contributed by atoms with Crippen molar-refractivity contribution in [3.63, 3.8) is 0 Å². The van der Waals surface area contributed by atoms with Crippen LogP contribution in [0, 0.1) is 5.41 Å². The second-order valence-corrected chi connectivity index (χ2v) is 6.27. The minimum Gasteiger partial charge on any atom is -0.325 e. The van der Waals surface area contributed by atoms with E-state index in [0.29, 0.717) is 0 Å². The van der Waals surface area contributed by atoms with Crippen molar-refractivity contribution in [3.8, 4) is 0 Å². The molecule has 0 aliphatic heterocycles. The van der Waals surface area contributed by atoms with E-state index in [1.807, 2.05) is 59.1 Å². The molecule has 0 heterocycles. The van der Waals surface area contributed by atoms with E-state index in [9.17, 15) is 4.79 Å². The van der Waals surface area contributed by atoms with Crippen LogP contribution in [0.25, 0.3) is 0 Å². The summed E-state index contributed by atoms with van der Waals surface area (Å²) in [6.07, 6.45) is 0. The molecule has 0 spiro atoms. The highest BCUT2D eigenvalue weighted by atomic mass is 35.5. The van der Waals surface area contributed by atoms with Crippen molar-refractivity contribution in [1.29, 1.82) is 0 Å². The Kier molecular flexibility index (Phi) is 9.91. The minimum absolute atomic E-state index is 0. The largest absolute Gasteiger partial charge is 0.325 e. The van der Waals surface area contributed by atoms with Crippen molar-refractivity contribution in [3.05, 3.63) is 29.8 Å². The Labute approximate surface area is 140 Å². The molecule has 0 aliphatic carbocycles. The van der Waals surface area contributed by atoms with Gasteiger partial charge in [0.05, 0.1) is 6.04 Å². The van der Waals surface area contributed by atoms with E-state index < -0.39 is 6.04 Å². The number of carbonyl (C=O) groups excluding carboxylic acids is 1. The van der Waals surface area contributed by atoms with Gasteiger partial charge < -0.3 is 16.0 Å². The maximum Gasteiger partial charge on any atom is 0.241 e. The lowest BCUT2D eigenvalue weighted by Gasteiger charge is -2.25. The van der Waals surface area contributed by atoms with Gasteiger partial charge in [-0.3, -0.25) is 4.79 Å². The van der Waals surface area contributed by atoms with Gasteiger partial charge in [-0.05, 0) is 37.2 Å². The highest BCUT2D eigenvalue weighted by Crippen LogP contribution is 2.19. The second kappa shape index (κ2) is 9.26. The first-order chi connectivity index (χ1) is 8.70. The van der Waals surface area contributed by atoms with Gasteiger partial charge in [0.1, 0.15) is 0 Å². The summed E-state index contributed by atoms with van der Waals surface area (Å²) in [5.41, 5.74) is 7.65. The Morgan fingerprint density at radius 1 is 1.29 bits per heavy atom. The molecule has 0 fully saturated rings. The number of nitrogens with zero attached hydrogens (tertiary/aromatic N) is 1. The quantitative estimate of drug-likeness (QED) is 0.889. The monoisotopic (exact) mass is 335 g/mol. The van der Waals surface area contributed by atoms with Gasteiger partial charge >= 0.3 is 0 Å². The molecule has 4 nitrogen and oxygen atoms in total. The van der Waals surface area contributed by atoms with Crippen molar-refractivity contribution >= 4 is 36.4 Å². The van der Waals surface area contributed by atoms with E-state index >= 15 is 0 Å². The average Bonchev–Trinajstić information content (AvgIpc) is 2.26. The minimum atomic E-state index is -0.523. The van der Waals surface area contributed by atoms with E-state index in [2.05, 4.69) is 10.2 Å². The summed E-state index contributed by atoms with van der Waals surface area (Å²) in [4.78, 5) is 14.1. The third kappa shape index (κ3) is 7.67. The summed E-state index contributed by atoms with van der Waals surface area (Å²) in [6.45, 7) is 6.72. The number of hydrogen-bond acceptors (Lipinski definition) is 3. The lowest BCUT2D eigenvalue weighted by molar-refractivity contribution is -0.119. The molecule has 1 aromatic rings. The van der Waals surface area contributed by atoms with Crippen LogP contribution >= 0.6 is 24.8 Å². The van der Waals surface area contributed by atoms with E-state index in [1.165, 1.54) is 0 Å². The number of benzene rings is 1. The molecule has 0 aromatic heterocycles. The molecule has 1 rings (SSSR count). The first-order valence-corrected chi connectivity index (χ1v) is 6.50. The van der Waals surface area contributed by atoms with Crippen LogP contribution < -0.4 is 11.1 Å². The summed E-state index contributed by atoms with van der Waals surface area (Å²) in [6, 6.07) is 7.32. The molecule has 1 aromatic carbocycles. The van der Waals surface area contributed by atoms with Gasteiger partial charge in [-0.1, -0.05) is 32.9 Å². The lowest BCUT2D eigenvalue weighted by Crippen LogP contribution is -2.45. The van der Waals surface area contributed by atoms with Gasteiger partial charge in [0, 0.05) is 12.2 Å². The SMILES string of the molecule is CN(C)Cc1cccc(NC(=O)[C@@H](N)C(C)(C)C)c1.Cl.Cl. The fourth-order valence-corrected chi connectivity index (χ4v) is 1.73. The van der Waals surface area contributed by atoms with E-state index in [-0.39, 0.29) is 36.1 Å². The van der Waals surface area contributed by atoms with E-state index in [0.717, 1.165) is 17.8 Å². The number of hydrogen-bond donors (Lipinski definition) is 2. The summed E-state index contributed by atoms with van der Waals surface area (Å²) in [7, 11) is 4.03. The highest BCUT2D eigenvalue weighted by molar-refractivity contribution is 5.95. The molecule has 1 amide bonds. The number of amides is 1. The van der Waals surface area contributed by atoms with Gasteiger partial charge in [-0.2, -0.15) is 0 Å². The number of anilines is 1. The van der Waals surface area contributed by atoms with E-state index in [1.54, 1.807) is 0 Å². The predicted octanol–water partition coefficient (Wildman–Crippen LogP) is 2.90. The van der Waals surface area contributed by atoms with Crippen molar-refractivity contribution in [2.24, 2.45) is 11.1 Å².